The fraction of sp³-hybridized carbons (Fsp3) is 0. The van der Waals surface area contributed by atoms with Crippen LogP contribution in [0, 0.1) is 10.7 Å². The Hall–Kier alpha value is -0.0951. The predicted molar refractivity (Wildman–Crippen MR) is 23.1 cm³/mol. The van der Waals surface area contributed by atoms with Crippen molar-refractivity contribution in [2.24, 2.45) is 0 Å². The van der Waals surface area contributed by atoms with Gasteiger partial charge in [0.15, 0.2) is 0 Å². The second kappa shape index (κ2) is 2.90. The van der Waals surface area contributed by atoms with Crippen molar-refractivity contribution < 1.29 is 0 Å². The lowest BCUT2D eigenvalue weighted by atomic mass is 10.8. The van der Waals surface area contributed by atoms with Gasteiger partial charge in [-0.2, -0.15) is 5.26 Å². The van der Waals surface area contributed by atoms with Crippen LogP contribution in [-0.4, -0.2) is 7.12 Å². The molecule has 0 rings (SSSR count). The Morgan fingerprint density at radius 2 is 2.25 bits per heavy atom. The average molecular weight is 71.9 g/mol. The monoisotopic (exact) mass is 72.0 g/mol. The Balaban J connectivity index is 2.43. The van der Waals surface area contributed by atoms with Gasteiger partial charge in [-0.3, -0.25) is 11.6 Å². The van der Waals surface area contributed by atoms with Crippen LogP contribution in [0.1, 0.15) is 0 Å². The van der Waals surface area contributed by atoms with Crippen molar-refractivity contribution >= 4 is 18.7 Å². The van der Waals surface area contributed by atoms with Crippen molar-refractivity contribution in [1.82, 2.24) is 0 Å². The Bertz CT molecular complexity index is 37.8. The lowest BCUT2D eigenvalue weighted by molar-refractivity contribution is 1.57. The summed E-state index contributed by atoms with van der Waals surface area (Å²) in [5.74, 6) is 0. The first kappa shape index (κ1) is 3.90. The summed E-state index contributed by atoms with van der Waals surface area (Å²) in [6.45, 7) is 0. The summed E-state index contributed by atoms with van der Waals surface area (Å²) in [6, 6.07) is 0. The minimum atomic E-state index is 0.312. The maximum absolute atomic E-state index is 7.65. The standard InChI is InChI=1S/CH3BNS/c2-4-1-3/h2H3/q-1. The molecule has 0 bridgehead atoms. The largest absolute Gasteiger partial charge is 0.276 e. The van der Waals surface area contributed by atoms with Gasteiger partial charge in [0, 0.05) is 7.12 Å². The highest BCUT2D eigenvalue weighted by Gasteiger charge is 1.38. The van der Waals surface area contributed by atoms with Crippen LogP contribution >= 0.6 is 11.6 Å². The predicted octanol–water partition coefficient (Wildman–Crippen LogP) is -0.519. The van der Waals surface area contributed by atoms with Crippen molar-refractivity contribution in [2.45, 2.75) is 0 Å². The normalized spacial score (nSPS) is 5.00. The van der Waals surface area contributed by atoms with E-state index in [0.717, 1.165) is 0 Å². The SMILES string of the molecule is [BH3-]SC#N. The fourth-order valence-corrected chi connectivity index (χ4v) is 0. The van der Waals surface area contributed by atoms with E-state index in [1.807, 2.05) is 5.40 Å². The van der Waals surface area contributed by atoms with Gasteiger partial charge < -0.3 is 0 Å². The summed E-state index contributed by atoms with van der Waals surface area (Å²) < 4.78 is 0. The molecule has 0 aliphatic heterocycles. The first-order valence-electron chi connectivity index (χ1n) is 0.428. The van der Waals surface area contributed by atoms with Gasteiger partial charge >= 0.3 is 0 Å². The zero-order valence-electron chi connectivity index (χ0n) is 1.36. The molecule has 22 valence electrons. The zero-order chi connectivity index (χ0) is 3.41. The molecule has 0 radical (unpaired) electrons. The summed E-state index contributed by atoms with van der Waals surface area (Å²) in [7, 11) is 0.312. The van der Waals surface area contributed by atoms with Gasteiger partial charge in [-0.15, -0.1) is 0 Å². The lowest BCUT2D eigenvalue weighted by Gasteiger charge is -1.59. The molecule has 0 saturated heterocycles. The topological polar surface area (TPSA) is 23.8 Å². The minimum Gasteiger partial charge on any atom is -0.276 e. The summed E-state index contributed by atoms with van der Waals surface area (Å²) in [5.41, 5.74) is 0. The number of thiocyanates is 1. The molecule has 0 aromatic heterocycles. The van der Waals surface area contributed by atoms with Gasteiger partial charge in [0.2, 0.25) is 0 Å². The molecular formula is CH3BNS-. The summed E-state index contributed by atoms with van der Waals surface area (Å²) in [4.78, 5) is 0. The second-order valence-electron chi connectivity index (χ2n) is 0.0913. The van der Waals surface area contributed by atoms with Gasteiger partial charge in [-0.25, -0.2) is 0 Å². The molecule has 0 aromatic carbocycles. The summed E-state index contributed by atoms with van der Waals surface area (Å²) in [5, 5.41) is 9.61. The molecule has 0 spiro atoms. The quantitative estimate of drug-likeness (QED) is 0.284. The molecule has 3 heteroatoms. The first-order chi connectivity index (χ1) is 1.91. The van der Waals surface area contributed by atoms with Crippen LogP contribution in [0.2, 0.25) is 0 Å². The van der Waals surface area contributed by atoms with Crippen LogP contribution in [0.5, 0.6) is 0 Å². The molecule has 0 unspecified atom stereocenters. The fourth-order valence-electron chi connectivity index (χ4n) is 0. The molecule has 1 nitrogen and oxygen atoms in total. The Kier molecular flexibility index (Phi) is 2.84. The Morgan fingerprint density at radius 1 is 2.00 bits per heavy atom. The molecule has 0 aliphatic carbocycles. The van der Waals surface area contributed by atoms with E-state index in [1.54, 1.807) is 0 Å². The van der Waals surface area contributed by atoms with E-state index in [1.165, 1.54) is 11.6 Å². The van der Waals surface area contributed by atoms with Crippen molar-refractivity contribution in [2.75, 3.05) is 0 Å². The maximum atomic E-state index is 7.65. The first-order valence-corrected chi connectivity index (χ1v) is 0.836. The Morgan fingerprint density at radius 3 is 2.25 bits per heavy atom. The molecule has 0 fully saturated rings. The molecule has 0 saturated carbocycles. The third-order valence-corrected chi connectivity index (χ3v) is 0. The summed E-state index contributed by atoms with van der Waals surface area (Å²) in [6.07, 6.45) is 0. The highest BCUT2D eigenvalue weighted by molar-refractivity contribution is 8.23. The van der Waals surface area contributed by atoms with Gasteiger partial charge in [-0.1, -0.05) is 0 Å². The number of rotatable bonds is 0. The van der Waals surface area contributed by atoms with Crippen LogP contribution < -0.4 is 0 Å². The van der Waals surface area contributed by atoms with Gasteiger partial charge in [0.1, 0.15) is 0 Å². The van der Waals surface area contributed by atoms with E-state index >= 15 is 0 Å². The molecule has 0 N–H and O–H groups in total. The van der Waals surface area contributed by atoms with E-state index in [4.69, 9.17) is 5.26 Å². The number of nitrogens with zero attached hydrogens (tertiary/aromatic N) is 1. The van der Waals surface area contributed by atoms with Crippen LogP contribution in [0.15, 0.2) is 0 Å². The van der Waals surface area contributed by atoms with Crippen molar-refractivity contribution in [1.29, 1.82) is 5.26 Å². The van der Waals surface area contributed by atoms with Crippen LogP contribution in [0.3, 0.4) is 0 Å². The third-order valence-electron chi connectivity index (χ3n) is 0. The van der Waals surface area contributed by atoms with Crippen LogP contribution in [0.25, 0.3) is 0 Å². The lowest BCUT2D eigenvalue weighted by Crippen LogP contribution is -1.33. The maximum Gasteiger partial charge on any atom is 0.0875 e. The van der Waals surface area contributed by atoms with Gasteiger partial charge in [0.05, 0.1) is 5.40 Å². The summed E-state index contributed by atoms with van der Waals surface area (Å²) >= 11 is 1.41. The molecule has 0 atom stereocenters. The number of hydrogen-bond acceptors (Lipinski definition) is 2. The van der Waals surface area contributed by atoms with E-state index in [2.05, 4.69) is 0 Å². The highest BCUT2D eigenvalue weighted by atomic mass is 32.2. The van der Waals surface area contributed by atoms with Crippen molar-refractivity contribution in [3.05, 3.63) is 0 Å². The molecule has 0 aliphatic rings. The van der Waals surface area contributed by atoms with Crippen LogP contribution in [-0.2, 0) is 0 Å². The second-order valence-corrected chi connectivity index (χ2v) is 0.274. The van der Waals surface area contributed by atoms with E-state index in [0.29, 0.717) is 7.12 Å². The molecular weight excluding hydrogens is 68.9 g/mol. The smallest absolute Gasteiger partial charge is 0.0875 e. The van der Waals surface area contributed by atoms with Crippen molar-refractivity contribution in [3.63, 3.8) is 0 Å². The number of hydrogen-bond donors (Lipinski definition) is 0. The molecule has 4 heavy (non-hydrogen) atoms. The van der Waals surface area contributed by atoms with E-state index < -0.39 is 0 Å². The Labute approximate surface area is 30.3 Å². The van der Waals surface area contributed by atoms with Crippen molar-refractivity contribution in [3.8, 4) is 5.40 Å². The van der Waals surface area contributed by atoms with Gasteiger partial charge in [0.25, 0.3) is 0 Å². The zero-order valence-corrected chi connectivity index (χ0v) is 2.17. The third kappa shape index (κ3) is 1.90. The minimum absolute atomic E-state index is 0.312. The van der Waals surface area contributed by atoms with Gasteiger partial charge in [-0.05, 0) is 0 Å². The molecule has 0 amide bonds. The highest BCUT2D eigenvalue weighted by Crippen LogP contribution is 1.76. The van der Waals surface area contributed by atoms with E-state index in [-0.39, 0.29) is 0 Å². The number of nitriles is 1. The van der Waals surface area contributed by atoms with E-state index in [9.17, 15) is 0 Å². The van der Waals surface area contributed by atoms with Crippen LogP contribution in [0.4, 0.5) is 0 Å². The average Bonchev–Trinajstić information content (AvgIpc) is 1.37. The molecule has 0 aromatic rings. The molecule has 0 heterocycles.